The summed E-state index contributed by atoms with van der Waals surface area (Å²) in [7, 11) is 2.28. The first-order chi connectivity index (χ1) is 8.72. The van der Waals surface area contributed by atoms with E-state index in [-0.39, 0.29) is 0 Å². The summed E-state index contributed by atoms with van der Waals surface area (Å²) < 4.78 is 0. The number of hydrogen-bond donors (Lipinski definition) is 1. The van der Waals surface area contributed by atoms with Gasteiger partial charge in [-0.25, -0.2) is 0 Å². The molecule has 1 N–H and O–H groups in total. The molecule has 0 spiro atoms. The van der Waals surface area contributed by atoms with Crippen molar-refractivity contribution < 1.29 is 0 Å². The molecular weight excluding hydrogens is 224 g/mol. The molecule has 0 amide bonds. The van der Waals surface area contributed by atoms with E-state index in [1.165, 1.54) is 25.7 Å². The van der Waals surface area contributed by atoms with Gasteiger partial charge in [-0.2, -0.15) is 0 Å². The normalized spacial score (nSPS) is 31.8. The maximum Gasteiger partial charge on any atom is 0.0724 e. The summed E-state index contributed by atoms with van der Waals surface area (Å²) in [6, 6.07) is 2.25. The van der Waals surface area contributed by atoms with E-state index in [1.54, 1.807) is 0 Å². The quantitative estimate of drug-likeness (QED) is 0.877. The van der Waals surface area contributed by atoms with E-state index in [0.29, 0.717) is 6.04 Å². The molecule has 4 nitrogen and oxygen atoms in total. The van der Waals surface area contributed by atoms with Gasteiger partial charge in [-0.1, -0.05) is 0 Å². The number of piperidine rings is 1. The van der Waals surface area contributed by atoms with Crippen molar-refractivity contribution in [1.29, 1.82) is 0 Å². The Morgan fingerprint density at radius 3 is 2.56 bits per heavy atom. The molecule has 3 rings (SSSR count). The van der Waals surface area contributed by atoms with Crippen LogP contribution in [0.1, 0.15) is 37.1 Å². The zero-order valence-electron chi connectivity index (χ0n) is 11.3. The Morgan fingerprint density at radius 1 is 1.22 bits per heavy atom. The van der Waals surface area contributed by atoms with Gasteiger partial charge in [-0.3, -0.25) is 9.97 Å². The van der Waals surface area contributed by atoms with Crippen LogP contribution in [0.15, 0.2) is 12.4 Å². The van der Waals surface area contributed by atoms with Crippen LogP contribution in [0.5, 0.6) is 0 Å². The standard InChI is InChI=1S/C14H22N4/c1-10-7-16-12(8-15-10)9-17-11-5-13-3-4-14(6-11)18(13)2/h7-8,11,13-14,17H,3-6,9H2,1-2H3. The van der Waals surface area contributed by atoms with Gasteiger partial charge < -0.3 is 10.2 Å². The predicted molar refractivity (Wildman–Crippen MR) is 71.2 cm³/mol. The lowest BCUT2D eigenvalue weighted by molar-refractivity contribution is 0.148. The van der Waals surface area contributed by atoms with Crippen molar-refractivity contribution in [3.05, 3.63) is 23.8 Å². The molecule has 1 aromatic heterocycles. The zero-order valence-corrected chi connectivity index (χ0v) is 11.3. The Hall–Kier alpha value is -1.00. The summed E-state index contributed by atoms with van der Waals surface area (Å²) >= 11 is 0. The number of hydrogen-bond acceptors (Lipinski definition) is 4. The number of nitrogens with zero attached hydrogens (tertiary/aromatic N) is 3. The van der Waals surface area contributed by atoms with Gasteiger partial charge in [-0.05, 0) is 39.7 Å². The Kier molecular flexibility index (Phi) is 3.31. The highest BCUT2D eigenvalue weighted by Crippen LogP contribution is 2.34. The monoisotopic (exact) mass is 246 g/mol. The molecule has 98 valence electrons. The average Bonchev–Trinajstić information content (AvgIpc) is 2.62. The van der Waals surface area contributed by atoms with Gasteiger partial charge in [0.1, 0.15) is 0 Å². The Bertz CT molecular complexity index is 389. The molecule has 3 heterocycles. The second-order valence-electron chi connectivity index (χ2n) is 5.75. The van der Waals surface area contributed by atoms with E-state index in [2.05, 4.69) is 27.2 Å². The number of fused-ring (bicyclic) bond motifs is 2. The summed E-state index contributed by atoms with van der Waals surface area (Å²) in [6.45, 7) is 2.82. The van der Waals surface area contributed by atoms with Crippen molar-refractivity contribution >= 4 is 0 Å². The van der Waals surface area contributed by atoms with Crippen LogP contribution in [0.3, 0.4) is 0 Å². The first kappa shape index (κ1) is 12.1. The molecule has 0 radical (unpaired) electrons. The van der Waals surface area contributed by atoms with Gasteiger partial charge in [0.05, 0.1) is 11.4 Å². The zero-order chi connectivity index (χ0) is 12.5. The first-order valence-corrected chi connectivity index (χ1v) is 6.95. The largest absolute Gasteiger partial charge is 0.308 e. The second-order valence-corrected chi connectivity index (χ2v) is 5.75. The van der Waals surface area contributed by atoms with Crippen molar-refractivity contribution in [2.24, 2.45) is 0 Å². The molecule has 2 saturated heterocycles. The third-order valence-corrected chi connectivity index (χ3v) is 4.50. The highest BCUT2D eigenvalue weighted by Gasteiger charge is 2.37. The summed E-state index contributed by atoms with van der Waals surface area (Å²) in [5, 5.41) is 3.65. The van der Waals surface area contributed by atoms with Crippen LogP contribution in [0.4, 0.5) is 0 Å². The average molecular weight is 246 g/mol. The molecule has 4 heteroatoms. The maximum absolute atomic E-state index is 4.40. The fraction of sp³-hybridized carbons (Fsp3) is 0.714. The van der Waals surface area contributed by atoms with Crippen molar-refractivity contribution in [2.75, 3.05) is 7.05 Å². The van der Waals surface area contributed by atoms with E-state index in [4.69, 9.17) is 0 Å². The minimum atomic E-state index is 0.654. The minimum absolute atomic E-state index is 0.654. The smallest absolute Gasteiger partial charge is 0.0724 e. The first-order valence-electron chi connectivity index (χ1n) is 6.95. The van der Waals surface area contributed by atoms with E-state index in [1.807, 2.05) is 19.3 Å². The van der Waals surface area contributed by atoms with Gasteiger partial charge in [-0.15, -0.1) is 0 Å². The number of rotatable bonds is 3. The van der Waals surface area contributed by atoms with Crippen LogP contribution in [0, 0.1) is 6.92 Å². The Morgan fingerprint density at radius 2 is 1.94 bits per heavy atom. The van der Waals surface area contributed by atoms with Gasteiger partial charge in [0.2, 0.25) is 0 Å². The van der Waals surface area contributed by atoms with Gasteiger partial charge in [0, 0.05) is 37.1 Å². The van der Waals surface area contributed by atoms with Crippen molar-refractivity contribution in [1.82, 2.24) is 20.2 Å². The lowest BCUT2D eigenvalue weighted by Crippen LogP contribution is -2.47. The van der Waals surface area contributed by atoms with Crippen molar-refractivity contribution in [3.8, 4) is 0 Å². The summed E-state index contributed by atoms with van der Waals surface area (Å²) in [5.74, 6) is 0. The molecule has 2 aliphatic rings. The van der Waals surface area contributed by atoms with E-state index < -0.39 is 0 Å². The molecule has 0 saturated carbocycles. The predicted octanol–water partition coefficient (Wildman–Crippen LogP) is 1.50. The molecule has 2 unspecified atom stereocenters. The maximum atomic E-state index is 4.40. The molecular formula is C14H22N4. The summed E-state index contributed by atoms with van der Waals surface area (Å²) in [6.07, 6.45) is 9.05. The topological polar surface area (TPSA) is 41.1 Å². The van der Waals surface area contributed by atoms with Crippen LogP contribution in [-0.4, -0.2) is 40.0 Å². The lowest BCUT2D eigenvalue weighted by atomic mass is 9.98. The van der Waals surface area contributed by atoms with Gasteiger partial charge in [0.15, 0.2) is 0 Å². The number of nitrogens with one attached hydrogen (secondary N) is 1. The molecule has 1 aromatic rings. The number of aryl methyl sites for hydroxylation is 1. The molecule has 2 atom stereocenters. The van der Waals surface area contributed by atoms with Crippen LogP contribution < -0.4 is 5.32 Å². The molecule has 18 heavy (non-hydrogen) atoms. The van der Waals surface area contributed by atoms with E-state index >= 15 is 0 Å². The lowest BCUT2D eigenvalue weighted by Gasteiger charge is -2.36. The Labute approximate surface area is 109 Å². The SMILES string of the molecule is Cc1cnc(CNC2CC3CCC(C2)N3C)cn1. The third kappa shape index (κ3) is 2.40. The van der Waals surface area contributed by atoms with Crippen LogP contribution in [0.25, 0.3) is 0 Å². The van der Waals surface area contributed by atoms with Crippen LogP contribution >= 0.6 is 0 Å². The molecule has 2 fully saturated rings. The van der Waals surface area contributed by atoms with Crippen LogP contribution in [0.2, 0.25) is 0 Å². The number of aromatic nitrogens is 2. The summed E-state index contributed by atoms with van der Waals surface area (Å²) in [5.41, 5.74) is 2.03. The van der Waals surface area contributed by atoms with E-state index in [0.717, 1.165) is 30.0 Å². The molecule has 2 aliphatic heterocycles. The van der Waals surface area contributed by atoms with Crippen LogP contribution in [-0.2, 0) is 6.54 Å². The molecule has 0 aromatic carbocycles. The highest BCUT2D eigenvalue weighted by atomic mass is 15.2. The van der Waals surface area contributed by atoms with Gasteiger partial charge >= 0.3 is 0 Å². The van der Waals surface area contributed by atoms with Crippen molar-refractivity contribution in [2.45, 2.75) is 57.3 Å². The molecule has 2 bridgehead atoms. The fourth-order valence-electron chi connectivity index (χ4n) is 3.34. The van der Waals surface area contributed by atoms with E-state index in [9.17, 15) is 0 Å². The minimum Gasteiger partial charge on any atom is -0.308 e. The Balaban J connectivity index is 1.54. The highest BCUT2D eigenvalue weighted by molar-refractivity contribution is 5.02. The second kappa shape index (κ2) is 4.94. The van der Waals surface area contributed by atoms with Gasteiger partial charge in [0.25, 0.3) is 0 Å². The molecule has 0 aliphatic carbocycles. The third-order valence-electron chi connectivity index (χ3n) is 4.50. The fourth-order valence-corrected chi connectivity index (χ4v) is 3.34. The summed E-state index contributed by atoms with van der Waals surface area (Å²) in [4.78, 5) is 11.3. The van der Waals surface area contributed by atoms with Crippen molar-refractivity contribution in [3.63, 3.8) is 0 Å².